The molecule has 5 nitrogen and oxygen atoms in total. The molecule has 0 saturated carbocycles. The molecule has 184 valence electrons. The zero-order chi connectivity index (χ0) is 25.8. The Labute approximate surface area is 218 Å². The second kappa shape index (κ2) is 10.4. The number of rotatable bonds is 7. The third kappa shape index (κ3) is 5.30. The van der Waals surface area contributed by atoms with Gasteiger partial charge in [0.25, 0.3) is 0 Å². The molecule has 2 heterocycles. The van der Waals surface area contributed by atoms with Gasteiger partial charge in [0.1, 0.15) is 0 Å². The van der Waals surface area contributed by atoms with Crippen molar-refractivity contribution in [3.8, 4) is 22.9 Å². The number of ether oxygens (including phenoxy) is 1. The van der Waals surface area contributed by atoms with E-state index in [0.29, 0.717) is 6.61 Å². The molecule has 0 radical (unpaired) electrons. The largest absolute Gasteiger partial charge is 0.368 e. The third-order valence-corrected chi connectivity index (χ3v) is 6.89. The first-order valence-corrected chi connectivity index (χ1v) is 12.5. The van der Waals surface area contributed by atoms with Crippen LogP contribution in [0.3, 0.4) is 0 Å². The van der Waals surface area contributed by atoms with E-state index in [1.165, 1.54) is 0 Å². The number of nitrogens with zero attached hydrogens (tertiary/aromatic N) is 4. The second-order valence-corrected chi connectivity index (χ2v) is 9.96. The fourth-order valence-corrected chi connectivity index (χ4v) is 4.51. The molecule has 4 aromatic rings. The predicted octanol–water partition coefficient (Wildman–Crippen LogP) is 6.92. The zero-order valence-corrected chi connectivity index (χ0v) is 21.4. The molecule has 2 atom stereocenters. The van der Waals surface area contributed by atoms with Crippen molar-refractivity contribution in [2.45, 2.75) is 44.8 Å². The first-order chi connectivity index (χ1) is 17.9. The van der Waals surface area contributed by atoms with E-state index in [4.69, 9.17) is 9.84 Å². The number of nitriles is 1. The van der Waals surface area contributed by atoms with Gasteiger partial charge in [-0.1, -0.05) is 60.7 Å². The van der Waals surface area contributed by atoms with Crippen LogP contribution in [-0.4, -0.2) is 22.1 Å². The molecule has 0 N–H and O–H groups in total. The van der Waals surface area contributed by atoms with Crippen LogP contribution < -0.4 is 0 Å². The molecule has 37 heavy (non-hydrogen) atoms. The van der Waals surface area contributed by atoms with Crippen molar-refractivity contribution in [1.29, 1.82) is 5.26 Å². The van der Waals surface area contributed by atoms with Gasteiger partial charge in [0.2, 0.25) is 0 Å². The maximum atomic E-state index is 9.57. The highest BCUT2D eigenvalue weighted by molar-refractivity contribution is 5.71. The molecule has 3 aromatic carbocycles. The van der Waals surface area contributed by atoms with Gasteiger partial charge in [-0.15, -0.1) is 0 Å². The highest BCUT2D eigenvalue weighted by Crippen LogP contribution is 2.31. The number of benzene rings is 3. The van der Waals surface area contributed by atoms with Gasteiger partial charge in [-0.2, -0.15) is 10.4 Å². The summed E-state index contributed by atoms with van der Waals surface area (Å²) in [7, 11) is 0. The maximum Gasteiger partial charge on any atom is 0.0897 e. The van der Waals surface area contributed by atoms with Crippen LogP contribution in [0.2, 0.25) is 0 Å². The van der Waals surface area contributed by atoms with Crippen LogP contribution >= 0.6 is 0 Å². The van der Waals surface area contributed by atoms with Crippen LogP contribution in [0.15, 0.2) is 102 Å². The highest BCUT2D eigenvalue weighted by atomic mass is 16.5. The average molecular weight is 487 g/mol. The lowest BCUT2D eigenvalue weighted by molar-refractivity contribution is 0.0663. The van der Waals surface area contributed by atoms with Crippen LogP contribution in [0, 0.1) is 18.3 Å². The van der Waals surface area contributed by atoms with Crippen molar-refractivity contribution in [1.82, 2.24) is 9.78 Å². The van der Waals surface area contributed by atoms with E-state index >= 15 is 0 Å². The summed E-state index contributed by atoms with van der Waals surface area (Å²) in [5.41, 5.74) is 6.95. The van der Waals surface area contributed by atoms with E-state index in [1.807, 2.05) is 67.3 Å². The van der Waals surface area contributed by atoms with Gasteiger partial charge in [0, 0.05) is 24.2 Å². The highest BCUT2D eigenvalue weighted by Gasteiger charge is 2.24. The van der Waals surface area contributed by atoms with Crippen LogP contribution in [0.5, 0.6) is 0 Å². The van der Waals surface area contributed by atoms with E-state index in [0.717, 1.165) is 39.1 Å². The monoisotopic (exact) mass is 486 g/mol. The molecule has 1 aliphatic heterocycles. The Hall–Kier alpha value is -4.27. The lowest BCUT2D eigenvalue weighted by Gasteiger charge is -2.23. The van der Waals surface area contributed by atoms with Gasteiger partial charge in [-0.25, -0.2) is 4.68 Å². The zero-order valence-electron chi connectivity index (χ0n) is 21.4. The lowest BCUT2D eigenvalue weighted by atomic mass is 9.85. The SMILES string of the molecule is Cc1ccc(-c2cccc(C(C)(C)C#N)c2)cc1-n1cc(C2C=NC=CC2OCc2ccccc2)cn1. The van der Waals surface area contributed by atoms with E-state index in [1.54, 1.807) is 6.20 Å². The maximum absolute atomic E-state index is 9.57. The van der Waals surface area contributed by atoms with Crippen LogP contribution in [0.25, 0.3) is 16.8 Å². The minimum absolute atomic E-state index is 0.0177. The quantitative estimate of drug-likeness (QED) is 0.285. The smallest absolute Gasteiger partial charge is 0.0897 e. The lowest BCUT2D eigenvalue weighted by Crippen LogP contribution is -2.23. The molecule has 0 aliphatic carbocycles. The Kier molecular flexibility index (Phi) is 6.85. The Bertz CT molecular complexity index is 1490. The molecule has 0 fully saturated rings. The van der Waals surface area contributed by atoms with Crippen LogP contribution in [0.4, 0.5) is 0 Å². The van der Waals surface area contributed by atoms with Gasteiger partial charge in [-0.05, 0) is 66.8 Å². The standard InChI is InChI=1S/C32H30N4O/c1-23-12-13-26(25-10-7-11-28(16-25)32(2,3)22-33)17-30(23)36-20-27(18-35-36)29-19-34-15-14-31(29)37-21-24-8-5-4-6-9-24/h4-20,29,31H,21H2,1-3H3. The summed E-state index contributed by atoms with van der Waals surface area (Å²) in [6.07, 6.45) is 9.59. The molecule has 0 saturated heterocycles. The molecule has 0 amide bonds. The Morgan fingerprint density at radius 1 is 1.00 bits per heavy atom. The Balaban J connectivity index is 1.40. The van der Waals surface area contributed by atoms with Crippen molar-refractivity contribution >= 4 is 6.21 Å². The summed E-state index contributed by atoms with van der Waals surface area (Å²) in [6.45, 7) is 6.51. The first-order valence-electron chi connectivity index (χ1n) is 12.5. The predicted molar refractivity (Wildman–Crippen MR) is 148 cm³/mol. The minimum atomic E-state index is -0.546. The van der Waals surface area contributed by atoms with Crippen molar-refractivity contribution in [2.75, 3.05) is 0 Å². The summed E-state index contributed by atoms with van der Waals surface area (Å²) >= 11 is 0. The fourth-order valence-electron chi connectivity index (χ4n) is 4.51. The van der Waals surface area contributed by atoms with Crippen molar-refractivity contribution < 1.29 is 4.74 Å². The third-order valence-electron chi connectivity index (χ3n) is 6.89. The molecule has 5 heteroatoms. The van der Waals surface area contributed by atoms with Crippen molar-refractivity contribution in [2.24, 2.45) is 4.99 Å². The molecular weight excluding hydrogens is 456 g/mol. The molecule has 5 rings (SSSR count). The second-order valence-electron chi connectivity index (χ2n) is 9.96. The molecule has 1 aliphatic rings. The summed E-state index contributed by atoms with van der Waals surface area (Å²) in [5, 5.41) is 14.3. The number of aryl methyl sites for hydroxylation is 1. The van der Waals surface area contributed by atoms with E-state index in [-0.39, 0.29) is 12.0 Å². The number of hydrogen-bond donors (Lipinski definition) is 0. The summed E-state index contributed by atoms with van der Waals surface area (Å²) in [6, 6.07) is 27.2. The van der Waals surface area contributed by atoms with Gasteiger partial charge >= 0.3 is 0 Å². The van der Waals surface area contributed by atoms with Gasteiger partial charge < -0.3 is 4.74 Å². The van der Waals surface area contributed by atoms with Crippen LogP contribution in [0.1, 0.15) is 42.0 Å². The van der Waals surface area contributed by atoms with Crippen molar-refractivity contribution in [3.63, 3.8) is 0 Å². The van der Waals surface area contributed by atoms with Crippen LogP contribution in [-0.2, 0) is 16.8 Å². The molecule has 2 unspecified atom stereocenters. The Morgan fingerprint density at radius 2 is 1.81 bits per heavy atom. The Morgan fingerprint density at radius 3 is 2.62 bits per heavy atom. The summed E-state index contributed by atoms with van der Waals surface area (Å²) in [4.78, 5) is 4.38. The molecule has 0 spiro atoms. The van der Waals surface area contributed by atoms with Gasteiger partial charge in [0.15, 0.2) is 0 Å². The first kappa shape index (κ1) is 24.4. The summed E-state index contributed by atoms with van der Waals surface area (Å²) in [5.74, 6) is -0.0177. The fraction of sp³-hybridized carbons (Fsp3) is 0.219. The van der Waals surface area contributed by atoms with Crippen molar-refractivity contribution in [3.05, 3.63) is 120 Å². The average Bonchev–Trinajstić information content (AvgIpc) is 3.43. The molecule has 1 aromatic heterocycles. The van der Waals surface area contributed by atoms with E-state index in [9.17, 15) is 5.26 Å². The number of aromatic nitrogens is 2. The topological polar surface area (TPSA) is 63.2 Å². The normalized spacial score (nSPS) is 17.0. The number of hydrogen-bond acceptors (Lipinski definition) is 4. The minimum Gasteiger partial charge on any atom is -0.368 e. The van der Waals surface area contributed by atoms with Gasteiger partial charge in [0.05, 0.1) is 42.0 Å². The number of aliphatic imine (C=N–C) groups is 1. The molecular formula is C32H30N4O. The summed E-state index contributed by atoms with van der Waals surface area (Å²) < 4.78 is 8.19. The van der Waals surface area contributed by atoms with E-state index in [2.05, 4.69) is 66.6 Å². The van der Waals surface area contributed by atoms with Gasteiger partial charge in [-0.3, -0.25) is 4.99 Å². The molecule has 0 bridgehead atoms. The van der Waals surface area contributed by atoms with E-state index < -0.39 is 5.41 Å².